The summed E-state index contributed by atoms with van der Waals surface area (Å²) in [5.74, 6) is 0.161. The number of hydrogen-bond donors (Lipinski definition) is 1. The second-order valence-electron chi connectivity index (χ2n) is 5.43. The zero-order valence-corrected chi connectivity index (χ0v) is 14.4. The summed E-state index contributed by atoms with van der Waals surface area (Å²) in [4.78, 5) is 35.8. The van der Waals surface area contributed by atoms with Crippen LogP contribution < -0.4 is 25.9 Å². The van der Waals surface area contributed by atoms with Crippen LogP contribution in [0.3, 0.4) is 0 Å². The average Bonchev–Trinajstić information content (AvgIpc) is 2.60. The van der Waals surface area contributed by atoms with Crippen LogP contribution in [0, 0.1) is 0 Å². The highest BCUT2D eigenvalue weighted by Crippen LogP contribution is 2.25. The minimum atomic E-state index is -4.65. The first-order valence-corrected chi connectivity index (χ1v) is 7.52. The molecule has 2 aromatic rings. The Labute approximate surface area is 150 Å². The van der Waals surface area contributed by atoms with Crippen molar-refractivity contribution in [1.82, 2.24) is 9.13 Å². The van der Waals surface area contributed by atoms with Crippen LogP contribution in [0.15, 0.2) is 40.2 Å². The Balaban J connectivity index is 2.18. The van der Waals surface area contributed by atoms with Crippen molar-refractivity contribution >= 4 is 11.6 Å². The number of nitrogens with one attached hydrogen (secondary N) is 1. The van der Waals surface area contributed by atoms with Crippen LogP contribution in [0.25, 0.3) is 0 Å². The van der Waals surface area contributed by atoms with Gasteiger partial charge in [-0.3, -0.25) is 19.0 Å². The summed E-state index contributed by atoms with van der Waals surface area (Å²) in [5.41, 5.74) is -2.29. The average molecular weight is 387 g/mol. The topological polar surface area (TPSA) is 91.6 Å². The summed E-state index contributed by atoms with van der Waals surface area (Å²) in [5, 5.41) is 2.49. The zero-order chi connectivity index (χ0) is 20.2. The van der Waals surface area contributed by atoms with Crippen molar-refractivity contribution in [3.05, 3.63) is 51.3 Å². The van der Waals surface area contributed by atoms with Crippen LogP contribution in [0.1, 0.15) is 0 Å². The molecular formula is C16H16F3N3O5. The molecule has 27 heavy (non-hydrogen) atoms. The van der Waals surface area contributed by atoms with Crippen LogP contribution >= 0.6 is 0 Å². The molecule has 1 N–H and O–H groups in total. The van der Waals surface area contributed by atoms with Gasteiger partial charge in [-0.15, -0.1) is 0 Å². The smallest absolute Gasteiger partial charge is 0.406 e. The van der Waals surface area contributed by atoms with Gasteiger partial charge < -0.3 is 19.4 Å². The molecular weight excluding hydrogens is 371 g/mol. The van der Waals surface area contributed by atoms with Gasteiger partial charge in [0.2, 0.25) is 5.91 Å². The van der Waals surface area contributed by atoms with Crippen LogP contribution in [-0.4, -0.2) is 35.4 Å². The minimum absolute atomic E-state index is 0.240. The number of aromatic nitrogens is 2. The number of nitrogens with zero attached hydrogens (tertiary/aromatic N) is 2. The number of methoxy groups -OCH3 is 2. The Morgan fingerprint density at radius 1 is 1.00 bits per heavy atom. The standard InChI is InChI=1S/C16H16F3N3O5/c1-26-11-5-10(6-12(7-11)27-2)20-13(23)8-21-3-4-22(9-16(17,18)19)15(25)14(21)24/h3-7H,8-9H2,1-2H3,(H,20,23). The molecule has 1 aromatic heterocycles. The normalized spacial score (nSPS) is 11.1. The van der Waals surface area contributed by atoms with Crippen LogP contribution in [0.5, 0.6) is 11.5 Å². The predicted octanol–water partition coefficient (Wildman–Crippen LogP) is 1.23. The van der Waals surface area contributed by atoms with E-state index in [0.717, 1.165) is 17.0 Å². The predicted molar refractivity (Wildman–Crippen MR) is 89.2 cm³/mol. The lowest BCUT2D eigenvalue weighted by Gasteiger charge is -2.12. The van der Waals surface area contributed by atoms with E-state index >= 15 is 0 Å². The number of anilines is 1. The summed E-state index contributed by atoms with van der Waals surface area (Å²) >= 11 is 0. The van der Waals surface area contributed by atoms with E-state index in [9.17, 15) is 27.6 Å². The molecule has 0 atom stereocenters. The molecule has 0 bridgehead atoms. The van der Waals surface area contributed by atoms with Crippen LogP contribution in [0.4, 0.5) is 18.9 Å². The summed E-state index contributed by atoms with van der Waals surface area (Å²) in [6, 6.07) is 4.59. The Hall–Kier alpha value is -3.24. The number of ether oxygens (including phenoxy) is 2. The molecule has 0 radical (unpaired) electrons. The highest BCUT2D eigenvalue weighted by atomic mass is 19.4. The summed E-state index contributed by atoms with van der Waals surface area (Å²) in [7, 11) is 2.85. The Morgan fingerprint density at radius 3 is 2.04 bits per heavy atom. The van der Waals surface area contributed by atoms with Gasteiger partial charge in [0.25, 0.3) is 0 Å². The largest absolute Gasteiger partial charge is 0.497 e. The van der Waals surface area contributed by atoms with E-state index < -0.39 is 36.3 Å². The van der Waals surface area contributed by atoms with Gasteiger partial charge in [-0.1, -0.05) is 0 Å². The van der Waals surface area contributed by atoms with E-state index in [1.165, 1.54) is 26.4 Å². The van der Waals surface area contributed by atoms with Crippen molar-refractivity contribution in [1.29, 1.82) is 0 Å². The molecule has 0 aliphatic carbocycles. The fourth-order valence-electron chi connectivity index (χ4n) is 2.22. The van der Waals surface area contributed by atoms with Crippen molar-refractivity contribution in [2.45, 2.75) is 19.3 Å². The maximum atomic E-state index is 12.4. The van der Waals surface area contributed by atoms with E-state index in [1.807, 2.05) is 0 Å². The molecule has 0 unspecified atom stereocenters. The number of rotatable bonds is 6. The molecule has 1 amide bonds. The van der Waals surface area contributed by atoms with Crippen molar-refractivity contribution in [3.8, 4) is 11.5 Å². The van der Waals surface area contributed by atoms with Gasteiger partial charge >= 0.3 is 17.3 Å². The van der Waals surface area contributed by atoms with Crippen molar-refractivity contribution in [3.63, 3.8) is 0 Å². The Bertz CT molecular complexity index is 927. The van der Waals surface area contributed by atoms with Gasteiger partial charge in [0.15, 0.2) is 0 Å². The van der Waals surface area contributed by atoms with E-state index in [1.54, 1.807) is 6.07 Å². The van der Waals surface area contributed by atoms with Crippen LogP contribution in [-0.2, 0) is 17.9 Å². The minimum Gasteiger partial charge on any atom is -0.497 e. The van der Waals surface area contributed by atoms with Gasteiger partial charge in [0.05, 0.1) is 14.2 Å². The maximum absolute atomic E-state index is 12.4. The zero-order valence-electron chi connectivity index (χ0n) is 14.4. The number of carbonyl (C=O) groups is 1. The summed E-state index contributed by atoms with van der Waals surface area (Å²) in [6.07, 6.45) is -2.90. The molecule has 0 aliphatic rings. The van der Waals surface area contributed by atoms with Crippen LogP contribution in [0.2, 0.25) is 0 Å². The molecule has 0 fully saturated rings. The molecule has 1 aromatic carbocycles. The van der Waals surface area contributed by atoms with Crippen molar-refractivity contribution in [2.24, 2.45) is 0 Å². The lowest BCUT2D eigenvalue weighted by molar-refractivity contribution is -0.141. The van der Waals surface area contributed by atoms with E-state index in [-0.39, 0.29) is 4.57 Å². The van der Waals surface area contributed by atoms with Gasteiger partial charge in [0, 0.05) is 36.3 Å². The highest BCUT2D eigenvalue weighted by molar-refractivity contribution is 5.91. The summed E-state index contributed by atoms with van der Waals surface area (Å²) < 4.78 is 48.2. The lowest BCUT2D eigenvalue weighted by atomic mass is 10.2. The number of alkyl halides is 3. The molecule has 8 nitrogen and oxygen atoms in total. The fraction of sp³-hybridized carbons (Fsp3) is 0.312. The number of halogens is 3. The third kappa shape index (κ3) is 5.36. The Morgan fingerprint density at radius 2 is 1.52 bits per heavy atom. The molecule has 146 valence electrons. The second-order valence-corrected chi connectivity index (χ2v) is 5.43. The monoisotopic (exact) mass is 387 g/mol. The third-order valence-electron chi connectivity index (χ3n) is 3.43. The summed E-state index contributed by atoms with van der Waals surface area (Å²) in [6.45, 7) is -2.14. The lowest BCUT2D eigenvalue weighted by Crippen LogP contribution is -2.43. The first kappa shape index (κ1) is 20.1. The highest BCUT2D eigenvalue weighted by Gasteiger charge is 2.28. The molecule has 2 rings (SSSR count). The maximum Gasteiger partial charge on any atom is 0.406 e. The van der Waals surface area contributed by atoms with E-state index in [2.05, 4.69) is 5.32 Å². The molecule has 1 heterocycles. The third-order valence-corrected chi connectivity index (χ3v) is 3.43. The fourth-order valence-corrected chi connectivity index (χ4v) is 2.22. The van der Waals surface area contributed by atoms with E-state index in [4.69, 9.17) is 9.47 Å². The van der Waals surface area contributed by atoms with Crippen molar-refractivity contribution in [2.75, 3.05) is 19.5 Å². The SMILES string of the molecule is COc1cc(NC(=O)Cn2ccn(CC(F)(F)F)c(=O)c2=O)cc(OC)c1. The first-order chi connectivity index (χ1) is 12.6. The van der Waals surface area contributed by atoms with E-state index in [0.29, 0.717) is 17.2 Å². The molecule has 0 saturated carbocycles. The number of amides is 1. The van der Waals surface area contributed by atoms with Gasteiger partial charge in [0.1, 0.15) is 24.6 Å². The number of carbonyl (C=O) groups excluding carboxylic acids is 1. The molecule has 0 spiro atoms. The Kier molecular flexibility index (Phi) is 5.93. The molecule has 0 saturated heterocycles. The van der Waals surface area contributed by atoms with Gasteiger partial charge in [-0.2, -0.15) is 13.2 Å². The number of benzene rings is 1. The quantitative estimate of drug-likeness (QED) is 0.753. The first-order valence-electron chi connectivity index (χ1n) is 7.52. The second kappa shape index (κ2) is 7.98. The molecule has 0 aliphatic heterocycles. The van der Waals surface area contributed by atoms with Crippen molar-refractivity contribution < 1.29 is 27.4 Å². The van der Waals surface area contributed by atoms with Gasteiger partial charge in [-0.25, -0.2) is 0 Å². The van der Waals surface area contributed by atoms with Gasteiger partial charge in [-0.05, 0) is 0 Å². The number of hydrogen-bond acceptors (Lipinski definition) is 5. The molecule has 11 heteroatoms.